The minimum Gasteiger partial charge on any atom is -0.378 e. The van der Waals surface area contributed by atoms with Crippen molar-refractivity contribution < 1.29 is 9.66 Å². The summed E-state index contributed by atoms with van der Waals surface area (Å²) in [5.74, 6) is 0.337. The van der Waals surface area contributed by atoms with E-state index in [0.717, 1.165) is 31.4 Å². The molecule has 18 heavy (non-hydrogen) atoms. The van der Waals surface area contributed by atoms with E-state index in [1.165, 1.54) is 6.07 Å². The Morgan fingerprint density at radius 1 is 1.67 bits per heavy atom. The Bertz CT molecular complexity index is 431. The van der Waals surface area contributed by atoms with Crippen molar-refractivity contribution >= 4 is 11.5 Å². The fourth-order valence-electron chi connectivity index (χ4n) is 2.05. The van der Waals surface area contributed by atoms with Gasteiger partial charge in [-0.2, -0.15) is 0 Å². The Morgan fingerprint density at radius 3 is 3.17 bits per heavy atom. The first kappa shape index (κ1) is 12.8. The second kappa shape index (κ2) is 5.77. The number of hydrogen-bond donors (Lipinski definition) is 1. The highest BCUT2D eigenvalue weighted by molar-refractivity contribution is 5.56. The van der Waals surface area contributed by atoms with Crippen LogP contribution in [0.4, 0.5) is 11.5 Å². The molecule has 0 radical (unpaired) electrons. The molecule has 2 heterocycles. The van der Waals surface area contributed by atoms with E-state index in [1.54, 1.807) is 13.1 Å². The molecular weight excluding hydrogens is 234 g/mol. The molecule has 1 aromatic rings. The van der Waals surface area contributed by atoms with Gasteiger partial charge in [-0.3, -0.25) is 10.1 Å². The lowest BCUT2D eigenvalue weighted by molar-refractivity contribution is -0.384. The lowest BCUT2D eigenvalue weighted by atomic mass is 10.2. The summed E-state index contributed by atoms with van der Waals surface area (Å²) in [5, 5.41) is 13.9. The van der Waals surface area contributed by atoms with Gasteiger partial charge in [0.25, 0.3) is 0 Å². The molecule has 0 spiro atoms. The van der Waals surface area contributed by atoms with E-state index < -0.39 is 4.92 Å². The van der Waals surface area contributed by atoms with Gasteiger partial charge in [0.15, 0.2) is 0 Å². The zero-order valence-corrected chi connectivity index (χ0v) is 10.4. The number of hydrogen-bond acceptors (Lipinski definition) is 5. The Hall–Kier alpha value is -1.69. The van der Waals surface area contributed by atoms with E-state index in [1.807, 2.05) is 0 Å². The summed E-state index contributed by atoms with van der Waals surface area (Å²) >= 11 is 0. The van der Waals surface area contributed by atoms with Crippen molar-refractivity contribution in [2.75, 3.05) is 18.5 Å². The Labute approximate surface area is 106 Å². The topological polar surface area (TPSA) is 77.3 Å². The van der Waals surface area contributed by atoms with E-state index >= 15 is 0 Å². The van der Waals surface area contributed by atoms with Gasteiger partial charge >= 0.3 is 5.69 Å². The van der Waals surface area contributed by atoms with Crippen LogP contribution in [0.25, 0.3) is 0 Å². The second-order valence-corrected chi connectivity index (χ2v) is 4.49. The van der Waals surface area contributed by atoms with Crippen LogP contribution in [0.5, 0.6) is 0 Å². The predicted octanol–water partition coefficient (Wildman–Crippen LogP) is 2.28. The lowest BCUT2D eigenvalue weighted by Crippen LogP contribution is -2.13. The standard InChI is InChI=1S/C12H17N3O3/c1-9-7-11(15(16)17)12(14-8-9)13-5-4-10-3-2-6-18-10/h7-8,10H,2-6H2,1H3,(H,13,14). The molecule has 1 N–H and O–H groups in total. The fraction of sp³-hybridized carbons (Fsp3) is 0.583. The minimum atomic E-state index is -0.408. The molecule has 1 aliphatic rings. The molecule has 1 aromatic heterocycles. The molecule has 98 valence electrons. The monoisotopic (exact) mass is 251 g/mol. The van der Waals surface area contributed by atoms with Crippen molar-refractivity contribution in [3.63, 3.8) is 0 Å². The van der Waals surface area contributed by atoms with Gasteiger partial charge in [0.1, 0.15) is 0 Å². The van der Waals surface area contributed by atoms with Crippen LogP contribution >= 0.6 is 0 Å². The molecule has 1 saturated heterocycles. The highest BCUT2D eigenvalue weighted by Crippen LogP contribution is 2.23. The molecule has 6 nitrogen and oxygen atoms in total. The molecular formula is C12H17N3O3. The van der Waals surface area contributed by atoms with Gasteiger partial charge in [0.2, 0.25) is 5.82 Å². The molecule has 0 amide bonds. The van der Waals surface area contributed by atoms with Crippen LogP contribution in [0.2, 0.25) is 0 Å². The number of anilines is 1. The number of nitro groups is 1. The second-order valence-electron chi connectivity index (χ2n) is 4.49. The summed E-state index contributed by atoms with van der Waals surface area (Å²) in [6.07, 6.45) is 4.94. The first-order valence-electron chi connectivity index (χ1n) is 6.13. The third-order valence-electron chi connectivity index (χ3n) is 2.98. The van der Waals surface area contributed by atoms with Crippen LogP contribution in [0.15, 0.2) is 12.3 Å². The van der Waals surface area contributed by atoms with E-state index in [2.05, 4.69) is 10.3 Å². The zero-order valence-electron chi connectivity index (χ0n) is 10.4. The summed E-state index contributed by atoms with van der Waals surface area (Å²) < 4.78 is 5.49. The highest BCUT2D eigenvalue weighted by Gasteiger charge is 2.17. The number of aromatic nitrogens is 1. The summed E-state index contributed by atoms with van der Waals surface area (Å²) in [7, 11) is 0. The summed E-state index contributed by atoms with van der Waals surface area (Å²) in [6.45, 7) is 3.26. The summed E-state index contributed by atoms with van der Waals surface area (Å²) in [6, 6.07) is 1.53. The normalized spacial score (nSPS) is 18.8. The largest absolute Gasteiger partial charge is 0.378 e. The molecule has 0 saturated carbocycles. The number of nitrogens with one attached hydrogen (secondary N) is 1. The van der Waals surface area contributed by atoms with Crippen LogP contribution in [-0.2, 0) is 4.74 Å². The fourth-order valence-corrected chi connectivity index (χ4v) is 2.05. The molecule has 0 bridgehead atoms. The van der Waals surface area contributed by atoms with Gasteiger partial charge in [0.05, 0.1) is 11.0 Å². The number of pyridine rings is 1. The maximum Gasteiger partial charge on any atom is 0.311 e. The van der Waals surface area contributed by atoms with Crippen molar-refractivity contribution in [2.45, 2.75) is 32.3 Å². The predicted molar refractivity (Wildman–Crippen MR) is 67.7 cm³/mol. The van der Waals surface area contributed by atoms with Crippen LogP contribution in [0, 0.1) is 17.0 Å². The average molecular weight is 251 g/mol. The molecule has 6 heteroatoms. The van der Waals surface area contributed by atoms with E-state index in [4.69, 9.17) is 4.74 Å². The summed E-state index contributed by atoms with van der Waals surface area (Å²) in [5.41, 5.74) is 0.814. The Kier molecular flexibility index (Phi) is 4.09. The summed E-state index contributed by atoms with van der Waals surface area (Å²) in [4.78, 5) is 14.6. The first-order chi connectivity index (χ1) is 8.66. The van der Waals surface area contributed by atoms with Crippen molar-refractivity contribution in [1.82, 2.24) is 4.98 Å². The van der Waals surface area contributed by atoms with Crippen LogP contribution in [0.1, 0.15) is 24.8 Å². The number of ether oxygens (including phenoxy) is 1. The van der Waals surface area contributed by atoms with Gasteiger partial charge in [-0.25, -0.2) is 4.98 Å². The lowest BCUT2D eigenvalue weighted by Gasteiger charge is -2.10. The average Bonchev–Trinajstić information content (AvgIpc) is 2.84. The molecule has 1 fully saturated rings. The van der Waals surface area contributed by atoms with Crippen molar-refractivity contribution in [3.05, 3.63) is 27.9 Å². The molecule has 0 aromatic carbocycles. The number of rotatable bonds is 5. The van der Waals surface area contributed by atoms with Gasteiger partial charge in [0, 0.05) is 25.4 Å². The smallest absolute Gasteiger partial charge is 0.311 e. The quantitative estimate of drug-likeness (QED) is 0.641. The van der Waals surface area contributed by atoms with Gasteiger partial charge in [-0.1, -0.05) is 0 Å². The Balaban J connectivity index is 1.93. The minimum absolute atomic E-state index is 0.0299. The third-order valence-corrected chi connectivity index (χ3v) is 2.98. The van der Waals surface area contributed by atoms with Gasteiger partial charge in [-0.15, -0.1) is 0 Å². The SMILES string of the molecule is Cc1cnc(NCCC2CCCO2)c([N+](=O)[O-])c1. The molecule has 1 aliphatic heterocycles. The van der Waals surface area contributed by atoms with Crippen molar-refractivity contribution in [1.29, 1.82) is 0 Å². The van der Waals surface area contributed by atoms with Crippen molar-refractivity contribution in [3.8, 4) is 0 Å². The third kappa shape index (κ3) is 3.16. The number of nitrogens with zero attached hydrogens (tertiary/aromatic N) is 2. The van der Waals surface area contributed by atoms with Gasteiger partial charge in [-0.05, 0) is 31.7 Å². The van der Waals surface area contributed by atoms with Crippen LogP contribution in [-0.4, -0.2) is 29.2 Å². The zero-order chi connectivity index (χ0) is 13.0. The van der Waals surface area contributed by atoms with E-state index in [9.17, 15) is 10.1 Å². The van der Waals surface area contributed by atoms with Crippen molar-refractivity contribution in [2.24, 2.45) is 0 Å². The maximum atomic E-state index is 10.9. The van der Waals surface area contributed by atoms with E-state index in [-0.39, 0.29) is 11.8 Å². The highest BCUT2D eigenvalue weighted by atomic mass is 16.6. The molecule has 1 atom stereocenters. The Morgan fingerprint density at radius 2 is 2.50 bits per heavy atom. The molecule has 2 rings (SSSR count). The van der Waals surface area contributed by atoms with Crippen LogP contribution < -0.4 is 5.32 Å². The van der Waals surface area contributed by atoms with E-state index in [0.29, 0.717) is 12.4 Å². The maximum absolute atomic E-state index is 10.9. The molecule has 1 unspecified atom stereocenters. The van der Waals surface area contributed by atoms with Crippen LogP contribution in [0.3, 0.4) is 0 Å². The first-order valence-corrected chi connectivity index (χ1v) is 6.13. The number of aryl methyl sites for hydroxylation is 1. The van der Waals surface area contributed by atoms with Gasteiger partial charge < -0.3 is 10.1 Å². The molecule has 0 aliphatic carbocycles.